The fraction of sp³-hybridized carbons (Fsp3) is 0.0400. The van der Waals surface area contributed by atoms with Crippen LogP contribution in [0.25, 0.3) is 33.1 Å². The van der Waals surface area contributed by atoms with Crippen molar-refractivity contribution in [2.24, 2.45) is 0 Å². The van der Waals surface area contributed by atoms with E-state index in [0.29, 0.717) is 21.8 Å². The van der Waals surface area contributed by atoms with E-state index in [2.05, 4.69) is 0 Å². The fourth-order valence-electron chi connectivity index (χ4n) is 3.72. The van der Waals surface area contributed by atoms with Crippen molar-refractivity contribution in [1.29, 1.82) is 0 Å². The minimum Gasteiger partial charge on any atom is -0.454 e. The summed E-state index contributed by atoms with van der Waals surface area (Å²) in [6.45, 7) is 1.91. The summed E-state index contributed by atoms with van der Waals surface area (Å²) < 4.78 is 11.9. The molecule has 0 N–H and O–H groups in total. The molecule has 0 radical (unpaired) electrons. The molecule has 2 heterocycles. The summed E-state index contributed by atoms with van der Waals surface area (Å²) in [6.07, 6.45) is 0. The van der Waals surface area contributed by atoms with E-state index in [1.54, 1.807) is 0 Å². The SMILES string of the molecule is Cc1cc(=O)oc2c1ccc1oc(C(=S)c3ccccc3)c(-c3ccccc3)c12. The highest BCUT2D eigenvalue weighted by molar-refractivity contribution is 7.81. The van der Waals surface area contributed by atoms with Gasteiger partial charge < -0.3 is 8.83 Å². The molecule has 5 rings (SSSR count). The number of thiocarbonyl (C=S) groups is 1. The third-order valence-electron chi connectivity index (χ3n) is 5.08. The average Bonchev–Trinajstić information content (AvgIpc) is 3.14. The van der Waals surface area contributed by atoms with E-state index in [4.69, 9.17) is 21.1 Å². The zero-order valence-electron chi connectivity index (χ0n) is 15.6. The highest BCUT2D eigenvalue weighted by Crippen LogP contribution is 2.40. The minimum absolute atomic E-state index is 0.380. The number of hydrogen-bond donors (Lipinski definition) is 0. The van der Waals surface area contributed by atoms with Crippen LogP contribution in [0.2, 0.25) is 0 Å². The number of furan rings is 1. The Labute approximate surface area is 172 Å². The largest absolute Gasteiger partial charge is 0.454 e. The van der Waals surface area contributed by atoms with Crippen LogP contribution in [0, 0.1) is 6.92 Å². The second-order valence-corrected chi connectivity index (χ2v) is 7.34. The minimum atomic E-state index is -0.380. The van der Waals surface area contributed by atoms with E-state index in [1.807, 2.05) is 79.7 Å². The molecule has 0 unspecified atom stereocenters. The Morgan fingerprint density at radius 1 is 0.862 bits per heavy atom. The lowest BCUT2D eigenvalue weighted by Crippen LogP contribution is -2.00. The lowest BCUT2D eigenvalue weighted by atomic mass is 9.97. The number of benzene rings is 3. The maximum atomic E-state index is 12.1. The molecular weight excluding hydrogens is 380 g/mol. The summed E-state index contributed by atoms with van der Waals surface area (Å²) in [4.78, 5) is 12.7. The first-order valence-corrected chi connectivity index (χ1v) is 9.69. The summed E-state index contributed by atoms with van der Waals surface area (Å²) in [5.41, 5.74) is 4.35. The molecule has 29 heavy (non-hydrogen) atoms. The van der Waals surface area contributed by atoms with Gasteiger partial charge in [0, 0.05) is 17.0 Å². The second-order valence-electron chi connectivity index (χ2n) is 6.93. The second kappa shape index (κ2) is 6.83. The molecule has 0 saturated heterocycles. The van der Waals surface area contributed by atoms with Gasteiger partial charge in [0.05, 0.1) is 10.3 Å². The number of fused-ring (bicyclic) bond motifs is 3. The summed E-state index contributed by atoms with van der Waals surface area (Å²) in [7, 11) is 0. The number of rotatable bonds is 3. The molecule has 5 aromatic rings. The van der Waals surface area contributed by atoms with Gasteiger partial charge in [0.2, 0.25) is 0 Å². The van der Waals surface area contributed by atoms with Crippen molar-refractivity contribution >= 4 is 39.0 Å². The molecule has 0 spiro atoms. The Morgan fingerprint density at radius 2 is 1.55 bits per heavy atom. The molecule has 4 heteroatoms. The van der Waals surface area contributed by atoms with Crippen LogP contribution in [0.1, 0.15) is 16.9 Å². The zero-order valence-corrected chi connectivity index (χ0v) is 16.5. The lowest BCUT2D eigenvalue weighted by molar-refractivity contribution is 0.562. The van der Waals surface area contributed by atoms with Gasteiger partial charge in [-0.2, -0.15) is 0 Å². The van der Waals surface area contributed by atoms with Gasteiger partial charge in [0.15, 0.2) is 5.76 Å². The molecule has 3 aromatic carbocycles. The maximum absolute atomic E-state index is 12.1. The van der Waals surface area contributed by atoms with Crippen LogP contribution in [0.3, 0.4) is 0 Å². The summed E-state index contributed by atoms with van der Waals surface area (Å²) in [6, 6.07) is 25.0. The fourth-order valence-corrected chi connectivity index (χ4v) is 4.00. The van der Waals surface area contributed by atoms with Crippen molar-refractivity contribution < 1.29 is 8.83 Å². The third-order valence-corrected chi connectivity index (χ3v) is 5.50. The van der Waals surface area contributed by atoms with Gasteiger partial charge in [-0.25, -0.2) is 4.79 Å². The quantitative estimate of drug-likeness (QED) is 0.204. The van der Waals surface area contributed by atoms with Crippen molar-refractivity contribution in [3.8, 4) is 11.1 Å². The van der Waals surface area contributed by atoms with Crippen molar-refractivity contribution in [3.05, 3.63) is 106 Å². The first-order chi connectivity index (χ1) is 14.1. The van der Waals surface area contributed by atoms with Gasteiger partial charge >= 0.3 is 5.63 Å². The molecule has 0 aliphatic carbocycles. The molecule has 0 bridgehead atoms. The summed E-state index contributed by atoms with van der Waals surface area (Å²) in [5.74, 6) is 0.601. The van der Waals surface area contributed by atoms with Crippen molar-refractivity contribution in [3.63, 3.8) is 0 Å². The lowest BCUT2D eigenvalue weighted by Gasteiger charge is -2.06. The first-order valence-electron chi connectivity index (χ1n) is 9.28. The van der Waals surface area contributed by atoms with Gasteiger partial charge in [-0.15, -0.1) is 0 Å². The molecule has 0 aliphatic rings. The van der Waals surface area contributed by atoms with Crippen LogP contribution in [0.5, 0.6) is 0 Å². The van der Waals surface area contributed by atoms with E-state index >= 15 is 0 Å². The average molecular weight is 396 g/mol. The van der Waals surface area contributed by atoms with Gasteiger partial charge in [-0.05, 0) is 35.7 Å². The van der Waals surface area contributed by atoms with Crippen molar-refractivity contribution in [2.45, 2.75) is 6.92 Å². The monoisotopic (exact) mass is 396 g/mol. The van der Waals surface area contributed by atoms with Crippen LogP contribution < -0.4 is 5.63 Å². The highest BCUT2D eigenvalue weighted by atomic mass is 32.1. The Balaban J connectivity index is 1.93. The molecule has 0 amide bonds. The Kier molecular flexibility index (Phi) is 4.14. The Bertz CT molecular complexity index is 1430. The van der Waals surface area contributed by atoms with E-state index in [1.165, 1.54) is 6.07 Å². The van der Waals surface area contributed by atoms with Crippen molar-refractivity contribution in [2.75, 3.05) is 0 Å². The zero-order chi connectivity index (χ0) is 20.0. The van der Waals surface area contributed by atoms with Crippen LogP contribution in [0.4, 0.5) is 0 Å². The predicted molar refractivity (Wildman–Crippen MR) is 120 cm³/mol. The molecular formula is C25H16O3S. The smallest absolute Gasteiger partial charge is 0.336 e. The number of aryl methyl sites for hydroxylation is 1. The number of hydrogen-bond acceptors (Lipinski definition) is 4. The van der Waals surface area contributed by atoms with E-state index < -0.39 is 0 Å². The van der Waals surface area contributed by atoms with Gasteiger partial charge in [-0.3, -0.25) is 0 Å². The molecule has 3 nitrogen and oxygen atoms in total. The van der Waals surface area contributed by atoms with E-state index in [-0.39, 0.29) is 5.63 Å². The molecule has 0 fully saturated rings. The molecule has 0 atom stereocenters. The topological polar surface area (TPSA) is 43.4 Å². The predicted octanol–water partition coefficient (Wildman–Crippen LogP) is 6.28. The Hall–Kier alpha value is -3.50. The molecule has 0 saturated carbocycles. The van der Waals surface area contributed by atoms with E-state index in [9.17, 15) is 4.79 Å². The van der Waals surface area contributed by atoms with Gasteiger partial charge in [-0.1, -0.05) is 72.9 Å². The Morgan fingerprint density at radius 3 is 2.28 bits per heavy atom. The summed E-state index contributed by atoms with van der Waals surface area (Å²) in [5, 5.41) is 1.65. The normalized spacial score (nSPS) is 11.2. The van der Waals surface area contributed by atoms with Crippen molar-refractivity contribution in [1.82, 2.24) is 0 Å². The van der Waals surface area contributed by atoms with Gasteiger partial charge in [0.1, 0.15) is 11.2 Å². The van der Waals surface area contributed by atoms with Crippen LogP contribution >= 0.6 is 12.2 Å². The standard InChI is InChI=1S/C25H16O3S/c1-15-14-20(26)28-23-18(15)12-13-19-22(23)21(16-8-4-2-5-9-16)24(27-19)25(29)17-10-6-3-7-11-17/h2-14H,1H3. The maximum Gasteiger partial charge on any atom is 0.336 e. The van der Waals surface area contributed by atoms with Crippen LogP contribution in [-0.4, -0.2) is 4.86 Å². The van der Waals surface area contributed by atoms with E-state index in [0.717, 1.165) is 33.0 Å². The highest BCUT2D eigenvalue weighted by Gasteiger charge is 2.23. The van der Waals surface area contributed by atoms with Crippen LogP contribution in [0.15, 0.2) is 92.5 Å². The third kappa shape index (κ3) is 2.89. The van der Waals surface area contributed by atoms with Gasteiger partial charge in [0.25, 0.3) is 0 Å². The molecule has 2 aromatic heterocycles. The summed E-state index contributed by atoms with van der Waals surface area (Å²) >= 11 is 5.80. The first kappa shape index (κ1) is 17.6. The molecule has 140 valence electrons. The molecule has 0 aliphatic heterocycles. The van der Waals surface area contributed by atoms with Crippen LogP contribution in [-0.2, 0) is 0 Å².